The Balaban J connectivity index is 1.58. The van der Waals surface area contributed by atoms with Crippen LogP contribution in [0.3, 0.4) is 0 Å². The molecule has 116 valence electrons. The first-order valence-electron chi connectivity index (χ1n) is 7.37. The van der Waals surface area contributed by atoms with Crippen LogP contribution in [0.15, 0.2) is 16.3 Å². The zero-order valence-corrected chi connectivity index (χ0v) is 13.7. The zero-order chi connectivity index (χ0) is 15.0. The standard InChI is InChI=1S/C14H20N2O3S2/c1-2-12-5-6-14(20-12)21(18,19)15-8-10-7-13(17)16(9-10)11-3-4-11/h5-6,10-11,15H,2-4,7-9H2,1H3. The van der Waals surface area contributed by atoms with E-state index in [9.17, 15) is 13.2 Å². The molecule has 21 heavy (non-hydrogen) atoms. The van der Waals surface area contributed by atoms with E-state index in [-0.39, 0.29) is 11.8 Å². The Morgan fingerprint density at radius 2 is 2.14 bits per heavy atom. The summed E-state index contributed by atoms with van der Waals surface area (Å²) in [5.41, 5.74) is 0. The van der Waals surface area contributed by atoms with Crippen molar-refractivity contribution in [3.63, 3.8) is 0 Å². The first kappa shape index (κ1) is 15.0. The fourth-order valence-electron chi connectivity index (χ4n) is 2.68. The SMILES string of the molecule is CCc1ccc(S(=O)(=O)NCC2CC(=O)N(C3CC3)C2)s1. The third-order valence-corrected chi connectivity index (χ3v) is 7.18. The van der Waals surface area contributed by atoms with Crippen LogP contribution < -0.4 is 4.72 Å². The van der Waals surface area contributed by atoms with E-state index in [4.69, 9.17) is 0 Å². The molecule has 1 aromatic heterocycles. The Bertz CT molecular complexity index is 634. The first-order valence-corrected chi connectivity index (χ1v) is 9.67. The van der Waals surface area contributed by atoms with Crippen LogP contribution in [0.4, 0.5) is 0 Å². The summed E-state index contributed by atoms with van der Waals surface area (Å²) < 4.78 is 27.5. The summed E-state index contributed by atoms with van der Waals surface area (Å²) in [6, 6.07) is 3.93. The molecule has 0 aromatic carbocycles. The fourth-order valence-corrected chi connectivity index (χ4v) is 5.13. The molecule has 1 aliphatic heterocycles. The number of nitrogens with one attached hydrogen (secondary N) is 1. The van der Waals surface area contributed by atoms with Crippen molar-refractivity contribution in [3.05, 3.63) is 17.0 Å². The number of rotatable bonds is 6. The number of thiophene rings is 1. The van der Waals surface area contributed by atoms with Crippen LogP contribution in [0.2, 0.25) is 0 Å². The van der Waals surface area contributed by atoms with Gasteiger partial charge >= 0.3 is 0 Å². The summed E-state index contributed by atoms with van der Waals surface area (Å²) in [5, 5.41) is 0. The lowest BCUT2D eigenvalue weighted by Crippen LogP contribution is -2.31. The zero-order valence-electron chi connectivity index (χ0n) is 12.0. The highest BCUT2D eigenvalue weighted by atomic mass is 32.2. The summed E-state index contributed by atoms with van der Waals surface area (Å²) in [4.78, 5) is 14.8. The minimum absolute atomic E-state index is 0.0958. The molecule has 1 atom stereocenters. The number of aryl methyl sites for hydroxylation is 1. The number of hydrogen-bond acceptors (Lipinski definition) is 4. The number of carbonyl (C=O) groups is 1. The highest BCUT2D eigenvalue weighted by molar-refractivity contribution is 7.91. The molecule has 1 saturated carbocycles. The Labute approximate surface area is 129 Å². The average Bonchev–Trinajstić information content (AvgIpc) is 3.04. The van der Waals surface area contributed by atoms with Crippen LogP contribution in [0, 0.1) is 5.92 Å². The van der Waals surface area contributed by atoms with Crippen LogP contribution in [0.5, 0.6) is 0 Å². The highest BCUT2D eigenvalue weighted by Gasteiger charge is 2.39. The smallest absolute Gasteiger partial charge is 0.250 e. The molecule has 7 heteroatoms. The second kappa shape index (κ2) is 5.70. The van der Waals surface area contributed by atoms with Gasteiger partial charge in [0.15, 0.2) is 0 Å². The molecule has 1 amide bonds. The third kappa shape index (κ3) is 3.30. The number of carbonyl (C=O) groups excluding carboxylic acids is 1. The number of hydrogen-bond donors (Lipinski definition) is 1. The van der Waals surface area contributed by atoms with Gasteiger partial charge in [-0.05, 0) is 37.3 Å². The molecule has 1 unspecified atom stereocenters. The molecule has 3 rings (SSSR count). The second-order valence-corrected chi connectivity index (χ2v) is 8.94. The molecular formula is C14H20N2O3S2. The van der Waals surface area contributed by atoms with Crippen molar-refractivity contribution in [2.75, 3.05) is 13.1 Å². The summed E-state index contributed by atoms with van der Waals surface area (Å²) in [5.74, 6) is 0.268. The van der Waals surface area contributed by atoms with E-state index in [0.29, 0.717) is 29.8 Å². The molecule has 1 aliphatic carbocycles. The van der Waals surface area contributed by atoms with Gasteiger partial charge in [-0.15, -0.1) is 11.3 Å². The Hall–Kier alpha value is -0.920. The molecule has 0 spiro atoms. The number of amides is 1. The van der Waals surface area contributed by atoms with Gasteiger partial charge < -0.3 is 4.90 Å². The van der Waals surface area contributed by atoms with E-state index in [1.807, 2.05) is 17.9 Å². The Kier molecular flexibility index (Phi) is 4.07. The minimum atomic E-state index is -3.44. The Morgan fingerprint density at radius 3 is 2.76 bits per heavy atom. The van der Waals surface area contributed by atoms with Gasteiger partial charge in [-0.1, -0.05) is 6.92 Å². The first-order chi connectivity index (χ1) is 9.99. The fraction of sp³-hybridized carbons (Fsp3) is 0.643. The highest BCUT2D eigenvalue weighted by Crippen LogP contribution is 2.32. The molecule has 1 saturated heterocycles. The normalized spacial score (nSPS) is 23.0. The monoisotopic (exact) mass is 328 g/mol. The molecule has 1 N–H and O–H groups in total. The topological polar surface area (TPSA) is 66.5 Å². The van der Waals surface area contributed by atoms with Crippen molar-refractivity contribution in [1.29, 1.82) is 0 Å². The third-order valence-electron chi connectivity index (χ3n) is 4.04. The van der Waals surface area contributed by atoms with E-state index in [1.165, 1.54) is 11.3 Å². The van der Waals surface area contributed by atoms with Crippen molar-refractivity contribution in [2.45, 2.75) is 42.9 Å². The van der Waals surface area contributed by atoms with Gasteiger partial charge in [0.05, 0.1) is 0 Å². The second-order valence-electron chi connectivity index (χ2n) is 5.77. The van der Waals surface area contributed by atoms with Crippen LogP contribution in [0.25, 0.3) is 0 Å². The number of likely N-dealkylation sites (tertiary alicyclic amines) is 1. The van der Waals surface area contributed by atoms with E-state index in [2.05, 4.69) is 4.72 Å². The molecule has 1 aromatic rings. The largest absolute Gasteiger partial charge is 0.339 e. The van der Waals surface area contributed by atoms with Crippen LogP contribution >= 0.6 is 11.3 Å². The summed E-state index contributed by atoms with van der Waals surface area (Å²) in [6.45, 7) is 3.04. The van der Waals surface area contributed by atoms with Crippen molar-refractivity contribution in [3.8, 4) is 0 Å². The number of nitrogens with zero attached hydrogens (tertiary/aromatic N) is 1. The van der Waals surface area contributed by atoms with Gasteiger partial charge in [0.1, 0.15) is 4.21 Å². The van der Waals surface area contributed by atoms with E-state index < -0.39 is 10.0 Å². The molecule has 0 radical (unpaired) electrons. The lowest BCUT2D eigenvalue weighted by atomic mass is 10.1. The molecule has 2 heterocycles. The molecule has 2 fully saturated rings. The van der Waals surface area contributed by atoms with Crippen LogP contribution in [-0.4, -0.2) is 38.4 Å². The van der Waals surface area contributed by atoms with Crippen molar-refractivity contribution >= 4 is 27.3 Å². The average molecular weight is 328 g/mol. The summed E-state index contributed by atoms with van der Waals surface area (Å²) in [6.07, 6.45) is 3.50. The minimum Gasteiger partial charge on any atom is -0.339 e. The van der Waals surface area contributed by atoms with Crippen LogP contribution in [-0.2, 0) is 21.2 Å². The lowest BCUT2D eigenvalue weighted by molar-refractivity contribution is -0.128. The van der Waals surface area contributed by atoms with Gasteiger partial charge in [-0.25, -0.2) is 13.1 Å². The van der Waals surface area contributed by atoms with Gasteiger partial charge in [-0.2, -0.15) is 0 Å². The Morgan fingerprint density at radius 1 is 1.38 bits per heavy atom. The molecule has 2 aliphatic rings. The maximum Gasteiger partial charge on any atom is 0.250 e. The summed E-state index contributed by atoms with van der Waals surface area (Å²) in [7, 11) is -3.44. The van der Waals surface area contributed by atoms with Crippen molar-refractivity contribution in [1.82, 2.24) is 9.62 Å². The molecular weight excluding hydrogens is 308 g/mol. The maximum atomic E-state index is 12.2. The lowest BCUT2D eigenvalue weighted by Gasteiger charge is -2.15. The van der Waals surface area contributed by atoms with Gasteiger partial charge in [0.2, 0.25) is 15.9 Å². The number of sulfonamides is 1. The van der Waals surface area contributed by atoms with Gasteiger partial charge in [0, 0.05) is 30.4 Å². The van der Waals surface area contributed by atoms with E-state index >= 15 is 0 Å². The van der Waals surface area contributed by atoms with Gasteiger partial charge in [-0.3, -0.25) is 4.79 Å². The van der Waals surface area contributed by atoms with Crippen molar-refractivity contribution < 1.29 is 13.2 Å². The van der Waals surface area contributed by atoms with Crippen LogP contribution in [0.1, 0.15) is 31.1 Å². The predicted molar refractivity (Wildman–Crippen MR) is 81.7 cm³/mol. The quantitative estimate of drug-likeness (QED) is 0.862. The molecule has 0 bridgehead atoms. The summed E-state index contributed by atoms with van der Waals surface area (Å²) >= 11 is 1.31. The maximum absolute atomic E-state index is 12.2. The molecule has 5 nitrogen and oxygen atoms in total. The predicted octanol–water partition coefficient (Wildman–Crippen LogP) is 1.60. The van der Waals surface area contributed by atoms with E-state index in [1.54, 1.807) is 6.07 Å². The van der Waals surface area contributed by atoms with Crippen molar-refractivity contribution in [2.24, 2.45) is 5.92 Å². The van der Waals surface area contributed by atoms with E-state index in [0.717, 1.165) is 24.1 Å². The van der Waals surface area contributed by atoms with Gasteiger partial charge in [0.25, 0.3) is 0 Å².